The number of nitro benzene ring substituents is 1. The fourth-order valence-electron chi connectivity index (χ4n) is 3.42. The minimum Gasteiger partial charge on any atom is -0.489 e. The number of halogens is 1. The van der Waals surface area contributed by atoms with Gasteiger partial charge in [0.05, 0.1) is 9.83 Å². The highest BCUT2D eigenvalue weighted by atomic mass is 35.5. The first kappa shape index (κ1) is 25.9. The molecule has 0 saturated carbocycles. The van der Waals surface area contributed by atoms with Crippen molar-refractivity contribution in [3.63, 3.8) is 0 Å². The molecule has 0 radical (unpaired) electrons. The van der Waals surface area contributed by atoms with E-state index in [1.165, 1.54) is 12.1 Å². The molecule has 0 spiro atoms. The lowest BCUT2D eigenvalue weighted by molar-refractivity contribution is -0.384. The Morgan fingerprint density at radius 1 is 1.14 bits per heavy atom. The molecule has 0 bridgehead atoms. The first-order chi connectivity index (χ1) is 17.7. The Bertz CT molecular complexity index is 1420. The van der Waals surface area contributed by atoms with E-state index in [4.69, 9.17) is 16.3 Å². The number of nitrogens with one attached hydrogen (secondary N) is 1. The third-order valence-corrected chi connectivity index (χ3v) is 6.50. The van der Waals surface area contributed by atoms with Crippen LogP contribution in [0.5, 0.6) is 5.75 Å². The fraction of sp³-hybridized carbons (Fsp3) is 0.115. The predicted octanol–water partition coefficient (Wildman–Crippen LogP) is 5.81. The van der Waals surface area contributed by atoms with Crippen molar-refractivity contribution in [2.75, 3.05) is 11.9 Å². The van der Waals surface area contributed by atoms with Gasteiger partial charge in [-0.15, -0.1) is 0 Å². The third-order valence-electron chi connectivity index (χ3n) is 5.36. The second-order valence-electron chi connectivity index (χ2n) is 8.06. The van der Waals surface area contributed by atoms with E-state index >= 15 is 0 Å². The van der Waals surface area contributed by atoms with Gasteiger partial charge in [0.25, 0.3) is 16.8 Å². The number of amides is 3. The Labute approximate surface area is 221 Å². The molecule has 37 heavy (non-hydrogen) atoms. The van der Waals surface area contributed by atoms with Crippen LogP contribution in [-0.4, -0.2) is 33.4 Å². The monoisotopic (exact) mass is 537 g/mol. The molecule has 0 aromatic heterocycles. The van der Waals surface area contributed by atoms with Crippen LogP contribution in [0.4, 0.5) is 16.2 Å². The second kappa shape index (κ2) is 11.3. The number of anilines is 1. The van der Waals surface area contributed by atoms with Gasteiger partial charge in [-0.05, 0) is 77.9 Å². The molecule has 1 aliphatic heterocycles. The first-order valence-corrected chi connectivity index (χ1v) is 12.2. The van der Waals surface area contributed by atoms with Gasteiger partial charge in [0.1, 0.15) is 18.9 Å². The highest BCUT2D eigenvalue weighted by Gasteiger charge is 2.36. The molecule has 4 rings (SSSR count). The van der Waals surface area contributed by atoms with Crippen LogP contribution in [0.15, 0.2) is 71.6 Å². The lowest BCUT2D eigenvalue weighted by Crippen LogP contribution is -2.36. The van der Waals surface area contributed by atoms with Crippen molar-refractivity contribution >= 4 is 57.9 Å². The van der Waals surface area contributed by atoms with Crippen LogP contribution in [0.2, 0.25) is 5.02 Å². The van der Waals surface area contributed by atoms with Gasteiger partial charge in [-0.2, -0.15) is 0 Å². The third kappa shape index (κ3) is 6.54. The Kier molecular flexibility index (Phi) is 7.90. The van der Waals surface area contributed by atoms with Crippen LogP contribution in [0.1, 0.15) is 16.7 Å². The van der Waals surface area contributed by atoms with Gasteiger partial charge in [0, 0.05) is 22.8 Å². The SMILES string of the molecule is Cc1ccc(Cl)cc1NC(=O)CN1C(=O)S/C(=C/c2cccc(OCc3ccc([N+](=O)[O-])cc3)c2)C1=O. The zero-order valence-electron chi connectivity index (χ0n) is 19.5. The summed E-state index contributed by atoms with van der Waals surface area (Å²) in [5, 5.41) is 13.4. The lowest BCUT2D eigenvalue weighted by Gasteiger charge is -2.13. The van der Waals surface area contributed by atoms with Crippen LogP contribution >= 0.6 is 23.4 Å². The van der Waals surface area contributed by atoms with Crippen molar-refractivity contribution < 1.29 is 24.0 Å². The molecule has 188 valence electrons. The van der Waals surface area contributed by atoms with E-state index in [9.17, 15) is 24.5 Å². The number of nitrogens with zero attached hydrogens (tertiary/aromatic N) is 2. The molecule has 0 unspecified atom stereocenters. The molecule has 1 heterocycles. The summed E-state index contributed by atoms with van der Waals surface area (Å²) in [6.45, 7) is 1.57. The number of hydrogen-bond acceptors (Lipinski definition) is 7. The maximum absolute atomic E-state index is 12.8. The van der Waals surface area contributed by atoms with E-state index in [-0.39, 0.29) is 17.2 Å². The topological polar surface area (TPSA) is 119 Å². The van der Waals surface area contributed by atoms with Crippen molar-refractivity contribution in [3.8, 4) is 5.75 Å². The fourth-order valence-corrected chi connectivity index (χ4v) is 4.43. The highest BCUT2D eigenvalue weighted by Crippen LogP contribution is 2.33. The van der Waals surface area contributed by atoms with E-state index in [1.54, 1.807) is 67.6 Å². The standard InChI is InChI=1S/C26H20ClN3O6S/c1-16-5-8-19(27)13-22(16)28-24(31)14-29-25(32)23(37-26(29)33)12-18-3-2-4-21(11-18)36-15-17-6-9-20(10-7-17)30(34)35/h2-13H,14-15H2,1H3,(H,28,31)/b23-12+. The lowest BCUT2D eigenvalue weighted by atomic mass is 10.2. The van der Waals surface area contributed by atoms with Crippen molar-refractivity contribution in [3.05, 3.63) is 103 Å². The molecular weight excluding hydrogens is 518 g/mol. The predicted molar refractivity (Wildman–Crippen MR) is 141 cm³/mol. The maximum Gasteiger partial charge on any atom is 0.294 e. The Morgan fingerprint density at radius 3 is 2.62 bits per heavy atom. The number of thioether (sulfide) groups is 1. The summed E-state index contributed by atoms with van der Waals surface area (Å²) >= 11 is 6.73. The molecule has 1 saturated heterocycles. The van der Waals surface area contributed by atoms with Gasteiger partial charge >= 0.3 is 0 Å². The molecular formula is C26H20ClN3O6S. The minimum atomic E-state index is -0.565. The number of aryl methyl sites for hydroxylation is 1. The molecule has 9 nitrogen and oxygen atoms in total. The molecule has 3 aromatic carbocycles. The van der Waals surface area contributed by atoms with Crippen LogP contribution in [0, 0.1) is 17.0 Å². The number of imide groups is 1. The molecule has 0 atom stereocenters. The molecule has 0 aliphatic carbocycles. The summed E-state index contributed by atoms with van der Waals surface area (Å²) < 4.78 is 5.76. The number of benzene rings is 3. The van der Waals surface area contributed by atoms with Crippen LogP contribution in [-0.2, 0) is 16.2 Å². The van der Waals surface area contributed by atoms with E-state index in [2.05, 4.69) is 5.32 Å². The summed E-state index contributed by atoms with van der Waals surface area (Å²) in [7, 11) is 0. The van der Waals surface area contributed by atoms with Crippen LogP contribution < -0.4 is 10.1 Å². The average molecular weight is 538 g/mol. The van der Waals surface area contributed by atoms with Gasteiger partial charge in [-0.1, -0.05) is 29.8 Å². The molecule has 11 heteroatoms. The van der Waals surface area contributed by atoms with Gasteiger partial charge in [0.15, 0.2) is 0 Å². The zero-order valence-corrected chi connectivity index (χ0v) is 21.0. The summed E-state index contributed by atoms with van der Waals surface area (Å²) in [5.41, 5.74) is 2.68. The van der Waals surface area contributed by atoms with Crippen LogP contribution in [0.3, 0.4) is 0 Å². The number of ether oxygens (including phenoxy) is 1. The van der Waals surface area contributed by atoms with E-state index in [0.717, 1.165) is 27.8 Å². The molecule has 1 fully saturated rings. The van der Waals surface area contributed by atoms with Gasteiger partial charge < -0.3 is 10.1 Å². The number of rotatable bonds is 8. The zero-order chi connectivity index (χ0) is 26.5. The molecule has 3 aromatic rings. The summed E-state index contributed by atoms with van der Waals surface area (Å²) in [6.07, 6.45) is 1.56. The number of nitro groups is 1. The Balaban J connectivity index is 1.39. The molecule has 1 aliphatic rings. The van der Waals surface area contributed by atoms with Crippen molar-refractivity contribution in [2.45, 2.75) is 13.5 Å². The quantitative estimate of drug-likeness (QED) is 0.219. The van der Waals surface area contributed by atoms with Crippen LogP contribution in [0.25, 0.3) is 6.08 Å². The van der Waals surface area contributed by atoms with E-state index in [1.807, 2.05) is 0 Å². The second-order valence-corrected chi connectivity index (χ2v) is 9.49. The first-order valence-electron chi connectivity index (χ1n) is 11.0. The minimum absolute atomic E-state index is 0.00301. The van der Waals surface area contributed by atoms with Gasteiger partial charge in [0.2, 0.25) is 5.91 Å². The smallest absolute Gasteiger partial charge is 0.294 e. The van der Waals surface area contributed by atoms with E-state index in [0.29, 0.717) is 22.0 Å². The van der Waals surface area contributed by atoms with Crippen molar-refractivity contribution in [2.24, 2.45) is 0 Å². The maximum atomic E-state index is 12.8. The van der Waals surface area contributed by atoms with E-state index < -0.39 is 28.5 Å². The summed E-state index contributed by atoms with van der Waals surface area (Å²) in [4.78, 5) is 49.2. The van der Waals surface area contributed by atoms with Gasteiger partial charge in [-0.25, -0.2) is 0 Å². The number of carbonyl (C=O) groups excluding carboxylic acids is 3. The van der Waals surface area contributed by atoms with Crippen molar-refractivity contribution in [1.29, 1.82) is 0 Å². The summed E-state index contributed by atoms with van der Waals surface area (Å²) in [5.74, 6) is -0.566. The largest absolute Gasteiger partial charge is 0.489 e. The average Bonchev–Trinajstić information content (AvgIpc) is 3.12. The number of hydrogen-bond donors (Lipinski definition) is 1. The van der Waals surface area contributed by atoms with Crippen molar-refractivity contribution in [1.82, 2.24) is 4.90 Å². The Morgan fingerprint density at radius 2 is 1.89 bits per heavy atom. The normalized spacial score (nSPS) is 14.2. The summed E-state index contributed by atoms with van der Waals surface area (Å²) in [6, 6.07) is 18.0. The molecule has 3 amide bonds. The molecule has 1 N–H and O–H groups in total. The highest BCUT2D eigenvalue weighted by molar-refractivity contribution is 8.18. The van der Waals surface area contributed by atoms with Gasteiger partial charge in [-0.3, -0.25) is 29.4 Å². The Hall–Kier alpha value is -4.15. The number of carbonyl (C=O) groups is 3. The number of non-ortho nitro benzene ring substituents is 1.